The standard InChI is InChI=1S/C14H15N3O4S.C2HF3O2/c15-11-3-4-17(7-11)12-2-1-9(5-10(12)8-18)13-6-14(19)16-22(13,20)21;3-2(4,5)1(6)7/h1-2,5-6,8,11H,3-4,7,15H2,(H,16,19);(H,6,7)/t11-;/m1./s1. The Morgan fingerprint density at radius 2 is 1.97 bits per heavy atom. The van der Waals surface area contributed by atoms with Crippen molar-refractivity contribution in [2.75, 3.05) is 18.0 Å². The molecule has 2 heterocycles. The number of sulfonamides is 1. The molecular weight excluding hydrogens is 419 g/mol. The number of alkyl halides is 3. The summed E-state index contributed by atoms with van der Waals surface area (Å²) in [5.74, 6) is -3.44. The van der Waals surface area contributed by atoms with Crippen LogP contribution in [0.5, 0.6) is 0 Å². The van der Waals surface area contributed by atoms with Gasteiger partial charge in [-0.2, -0.15) is 13.2 Å². The first-order chi connectivity index (χ1) is 13.3. The second kappa shape index (κ2) is 8.21. The van der Waals surface area contributed by atoms with E-state index in [4.69, 9.17) is 15.6 Å². The summed E-state index contributed by atoms with van der Waals surface area (Å²) in [6.45, 7) is 1.41. The second-order valence-electron chi connectivity index (χ2n) is 6.17. The Balaban J connectivity index is 0.000000370. The van der Waals surface area contributed by atoms with Crippen LogP contribution < -0.4 is 15.4 Å². The normalized spacial score (nSPS) is 20.4. The number of carbonyl (C=O) groups is 3. The van der Waals surface area contributed by atoms with Crippen molar-refractivity contribution >= 4 is 38.8 Å². The van der Waals surface area contributed by atoms with Crippen LogP contribution in [0.15, 0.2) is 24.3 Å². The molecule has 0 spiro atoms. The summed E-state index contributed by atoms with van der Waals surface area (Å²) in [6.07, 6.45) is -2.54. The molecule has 0 aliphatic carbocycles. The molecule has 13 heteroatoms. The number of carbonyl (C=O) groups excluding carboxylic acids is 2. The maximum atomic E-state index is 11.8. The number of carboxylic acid groups (broad SMARTS) is 1. The highest BCUT2D eigenvalue weighted by molar-refractivity contribution is 7.99. The third-order valence-electron chi connectivity index (χ3n) is 4.03. The first kappa shape index (κ1) is 22.4. The van der Waals surface area contributed by atoms with E-state index in [1.807, 2.05) is 9.62 Å². The molecule has 1 fully saturated rings. The third-order valence-corrected chi connectivity index (χ3v) is 5.44. The summed E-state index contributed by atoms with van der Waals surface area (Å²) in [5, 5.41) is 7.12. The smallest absolute Gasteiger partial charge is 0.475 e. The van der Waals surface area contributed by atoms with Gasteiger partial charge in [0.2, 0.25) is 0 Å². The molecule has 1 amide bonds. The lowest BCUT2D eigenvalue weighted by Gasteiger charge is -2.20. The molecular formula is C16H16F3N3O6S. The van der Waals surface area contributed by atoms with Crippen LogP contribution in [-0.4, -0.2) is 57.0 Å². The van der Waals surface area contributed by atoms with Crippen LogP contribution in [0.2, 0.25) is 0 Å². The Labute approximate surface area is 163 Å². The van der Waals surface area contributed by atoms with Gasteiger partial charge in [-0.3, -0.25) is 9.59 Å². The molecule has 3 rings (SSSR count). The van der Waals surface area contributed by atoms with Crippen LogP contribution in [0.25, 0.3) is 4.91 Å². The molecule has 0 bridgehead atoms. The fraction of sp³-hybridized carbons (Fsp3) is 0.312. The zero-order valence-corrected chi connectivity index (χ0v) is 15.5. The van der Waals surface area contributed by atoms with Gasteiger partial charge >= 0.3 is 12.1 Å². The van der Waals surface area contributed by atoms with E-state index < -0.39 is 28.1 Å². The number of hydrogen-bond acceptors (Lipinski definition) is 7. The number of anilines is 1. The van der Waals surface area contributed by atoms with Gasteiger partial charge in [0.1, 0.15) is 4.91 Å². The Kier molecular flexibility index (Phi) is 6.33. The molecule has 1 aromatic carbocycles. The van der Waals surface area contributed by atoms with Crippen molar-refractivity contribution in [1.82, 2.24) is 4.72 Å². The quantitative estimate of drug-likeness (QED) is 0.581. The fourth-order valence-corrected chi connectivity index (χ4v) is 3.88. The summed E-state index contributed by atoms with van der Waals surface area (Å²) in [4.78, 5) is 33.4. The van der Waals surface area contributed by atoms with Crippen molar-refractivity contribution in [2.45, 2.75) is 18.6 Å². The molecule has 1 aromatic rings. The molecule has 4 N–H and O–H groups in total. The largest absolute Gasteiger partial charge is 0.490 e. The van der Waals surface area contributed by atoms with Crippen LogP contribution in [0.1, 0.15) is 22.3 Å². The maximum Gasteiger partial charge on any atom is 0.490 e. The van der Waals surface area contributed by atoms with Crippen molar-refractivity contribution in [2.24, 2.45) is 5.73 Å². The number of nitrogens with zero attached hydrogens (tertiary/aromatic N) is 1. The molecule has 0 saturated carbocycles. The van der Waals surface area contributed by atoms with Crippen LogP contribution >= 0.6 is 0 Å². The summed E-state index contributed by atoms with van der Waals surface area (Å²) in [5.41, 5.74) is 7.28. The fourth-order valence-electron chi connectivity index (χ4n) is 2.75. The highest BCUT2D eigenvalue weighted by atomic mass is 32.2. The number of nitrogens with one attached hydrogen (secondary N) is 1. The molecule has 1 saturated heterocycles. The van der Waals surface area contributed by atoms with E-state index in [9.17, 15) is 31.2 Å². The minimum Gasteiger partial charge on any atom is -0.475 e. The topological polar surface area (TPSA) is 147 Å². The number of aldehydes is 1. The molecule has 29 heavy (non-hydrogen) atoms. The number of carboxylic acids is 1. The molecule has 2 aliphatic rings. The van der Waals surface area contributed by atoms with Crippen molar-refractivity contribution in [3.8, 4) is 0 Å². The molecule has 158 valence electrons. The predicted molar refractivity (Wildman–Crippen MR) is 95.4 cm³/mol. The van der Waals surface area contributed by atoms with Crippen molar-refractivity contribution in [1.29, 1.82) is 0 Å². The number of halogens is 3. The van der Waals surface area contributed by atoms with Crippen LogP contribution in [0.4, 0.5) is 18.9 Å². The van der Waals surface area contributed by atoms with E-state index in [-0.39, 0.29) is 10.9 Å². The van der Waals surface area contributed by atoms with Gasteiger partial charge in [-0.25, -0.2) is 17.9 Å². The number of rotatable bonds is 3. The number of hydrogen-bond donors (Lipinski definition) is 3. The minimum absolute atomic E-state index is 0.0684. The Morgan fingerprint density at radius 1 is 1.34 bits per heavy atom. The van der Waals surface area contributed by atoms with E-state index in [0.29, 0.717) is 24.0 Å². The lowest BCUT2D eigenvalue weighted by atomic mass is 10.1. The lowest BCUT2D eigenvalue weighted by Crippen LogP contribution is -2.27. The highest BCUT2D eigenvalue weighted by Crippen LogP contribution is 2.30. The second-order valence-corrected chi connectivity index (χ2v) is 7.82. The molecule has 1 atom stereocenters. The Morgan fingerprint density at radius 3 is 2.38 bits per heavy atom. The number of amides is 1. The average molecular weight is 435 g/mol. The predicted octanol–water partition coefficient (Wildman–Crippen LogP) is 0.470. The van der Waals surface area contributed by atoms with E-state index >= 15 is 0 Å². The summed E-state index contributed by atoms with van der Waals surface area (Å²) >= 11 is 0. The van der Waals surface area contributed by atoms with Crippen LogP contribution in [-0.2, 0) is 19.6 Å². The van der Waals surface area contributed by atoms with E-state index in [0.717, 1.165) is 24.7 Å². The first-order valence-corrected chi connectivity index (χ1v) is 9.52. The first-order valence-electron chi connectivity index (χ1n) is 8.04. The monoisotopic (exact) mass is 435 g/mol. The van der Waals surface area contributed by atoms with Gasteiger partial charge in [-0.05, 0) is 24.1 Å². The summed E-state index contributed by atoms with van der Waals surface area (Å²) in [6, 6.07) is 4.83. The minimum atomic E-state index is -5.08. The van der Waals surface area contributed by atoms with E-state index in [1.54, 1.807) is 12.1 Å². The van der Waals surface area contributed by atoms with Gasteiger partial charge in [-0.1, -0.05) is 6.07 Å². The van der Waals surface area contributed by atoms with Crippen molar-refractivity contribution in [3.05, 3.63) is 35.4 Å². The summed E-state index contributed by atoms with van der Waals surface area (Å²) in [7, 11) is -3.84. The number of benzene rings is 1. The number of nitrogens with two attached hydrogens (primary N) is 1. The molecule has 0 unspecified atom stereocenters. The molecule has 9 nitrogen and oxygen atoms in total. The Hall–Kier alpha value is -2.93. The highest BCUT2D eigenvalue weighted by Gasteiger charge is 2.38. The zero-order chi connectivity index (χ0) is 22.0. The lowest BCUT2D eigenvalue weighted by molar-refractivity contribution is -0.192. The van der Waals surface area contributed by atoms with Gasteiger partial charge in [0.05, 0.1) is 0 Å². The van der Waals surface area contributed by atoms with E-state index in [1.165, 1.54) is 6.07 Å². The number of aliphatic carboxylic acids is 1. The van der Waals surface area contributed by atoms with Gasteiger partial charge in [0.15, 0.2) is 6.29 Å². The van der Waals surface area contributed by atoms with Crippen LogP contribution in [0, 0.1) is 0 Å². The maximum absolute atomic E-state index is 11.8. The zero-order valence-electron chi connectivity index (χ0n) is 14.6. The molecule has 2 aliphatic heterocycles. The van der Waals surface area contributed by atoms with Gasteiger partial charge in [0.25, 0.3) is 15.9 Å². The third kappa shape index (κ3) is 5.32. The van der Waals surface area contributed by atoms with Crippen LogP contribution in [0.3, 0.4) is 0 Å². The van der Waals surface area contributed by atoms with Gasteiger partial charge in [0, 0.05) is 36.5 Å². The van der Waals surface area contributed by atoms with Crippen molar-refractivity contribution in [3.63, 3.8) is 0 Å². The average Bonchev–Trinajstić information content (AvgIpc) is 3.15. The molecule has 0 aromatic heterocycles. The summed E-state index contributed by atoms with van der Waals surface area (Å²) < 4.78 is 57.3. The molecule has 0 radical (unpaired) electrons. The SMILES string of the molecule is N[C@@H]1CCN(c2ccc(C3=CC(=O)NS3(=O)=O)cc2C=O)C1.O=C(O)C(F)(F)F. The Bertz CT molecular complexity index is 975. The van der Waals surface area contributed by atoms with Gasteiger partial charge in [-0.15, -0.1) is 0 Å². The van der Waals surface area contributed by atoms with Crippen molar-refractivity contribution < 1.29 is 41.1 Å². The van der Waals surface area contributed by atoms with Gasteiger partial charge < -0.3 is 15.7 Å². The van der Waals surface area contributed by atoms with E-state index in [2.05, 4.69) is 0 Å².